The van der Waals surface area contributed by atoms with Crippen molar-refractivity contribution in [2.75, 3.05) is 31.7 Å². The molecule has 10 nitrogen and oxygen atoms in total. The van der Waals surface area contributed by atoms with Crippen LogP contribution in [0.25, 0.3) is 0 Å². The maximum atomic E-state index is 11.6. The molecule has 2 rings (SSSR count). The van der Waals surface area contributed by atoms with E-state index in [-0.39, 0.29) is 40.0 Å². The highest BCUT2D eigenvalue weighted by Gasteiger charge is 2.16. The van der Waals surface area contributed by atoms with E-state index in [0.29, 0.717) is 13.1 Å². The second kappa shape index (κ2) is 12.0. The van der Waals surface area contributed by atoms with Crippen molar-refractivity contribution < 1.29 is 19.2 Å². The Labute approximate surface area is 195 Å². The number of ether oxygens (including phenoxy) is 2. The number of azo groups is 1. The summed E-state index contributed by atoms with van der Waals surface area (Å²) in [6.45, 7) is 8.18. The summed E-state index contributed by atoms with van der Waals surface area (Å²) in [5.41, 5.74) is 0.492. The Balaban J connectivity index is 2.50. The molecule has 33 heavy (non-hydrogen) atoms. The maximum Gasteiger partial charge on any atom is 0.343 e. The molecular formula is C22H20ClN5O5. The molecule has 0 fully saturated rings. The van der Waals surface area contributed by atoms with E-state index in [1.54, 1.807) is 30.4 Å². The predicted molar refractivity (Wildman–Crippen MR) is 124 cm³/mol. The fraction of sp³-hybridized carbons (Fsp3) is 0.182. The number of benzene rings is 2. The van der Waals surface area contributed by atoms with Gasteiger partial charge in [-0.2, -0.15) is 5.26 Å². The van der Waals surface area contributed by atoms with Gasteiger partial charge in [0.2, 0.25) is 0 Å². The quantitative estimate of drug-likeness (QED) is 0.144. The fourth-order valence-corrected chi connectivity index (χ4v) is 2.92. The van der Waals surface area contributed by atoms with Gasteiger partial charge in [0.15, 0.2) is 6.61 Å². The number of non-ortho nitro benzene ring substituents is 1. The largest absolute Gasteiger partial charge is 0.479 e. The van der Waals surface area contributed by atoms with E-state index in [9.17, 15) is 20.2 Å². The maximum absolute atomic E-state index is 11.6. The zero-order chi connectivity index (χ0) is 24.4. The van der Waals surface area contributed by atoms with Gasteiger partial charge in [0.05, 0.1) is 22.6 Å². The smallest absolute Gasteiger partial charge is 0.343 e. The SMILES string of the molecule is C=CCN(CC=C)c1ccc(/N=N/c2c(Cl)cc([N+](=O)[O-])cc2C#N)c(OCC(=O)OC)c1. The summed E-state index contributed by atoms with van der Waals surface area (Å²) in [5.74, 6) is -0.376. The highest BCUT2D eigenvalue weighted by molar-refractivity contribution is 6.33. The molecule has 0 unspecified atom stereocenters. The van der Waals surface area contributed by atoms with Crippen LogP contribution in [0.5, 0.6) is 5.75 Å². The van der Waals surface area contributed by atoms with Gasteiger partial charge in [-0.25, -0.2) is 4.79 Å². The molecule has 0 aliphatic rings. The summed E-state index contributed by atoms with van der Waals surface area (Å²) in [6, 6.07) is 8.98. The highest BCUT2D eigenvalue weighted by Crippen LogP contribution is 2.37. The first-order valence-electron chi connectivity index (χ1n) is 9.44. The van der Waals surface area contributed by atoms with Crippen LogP contribution >= 0.6 is 11.6 Å². The molecule has 2 aromatic rings. The summed E-state index contributed by atoms with van der Waals surface area (Å²) in [6.07, 6.45) is 3.46. The zero-order valence-electron chi connectivity index (χ0n) is 17.7. The molecule has 0 heterocycles. The number of rotatable bonds is 11. The first kappa shape index (κ1) is 25.0. The van der Waals surface area contributed by atoms with Crippen LogP contribution in [0.1, 0.15) is 5.56 Å². The lowest BCUT2D eigenvalue weighted by molar-refractivity contribution is -0.384. The summed E-state index contributed by atoms with van der Waals surface area (Å²) < 4.78 is 10.2. The van der Waals surface area contributed by atoms with Crippen LogP contribution in [0.4, 0.5) is 22.7 Å². The summed E-state index contributed by atoms with van der Waals surface area (Å²) in [7, 11) is 1.23. The van der Waals surface area contributed by atoms with Gasteiger partial charge in [-0.05, 0) is 12.1 Å². The highest BCUT2D eigenvalue weighted by atomic mass is 35.5. The fourth-order valence-electron chi connectivity index (χ4n) is 2.67. The predicted octanol–water partition coefficient (Wildman–Crippen LogP) is 5.27. The van der Waals surface area contributed by atoms with Gasteiger partial charge in [0, 0.05) is 37.0 Å². The second-order valence-corrected chi connectivity index (χ2v) is 6.80. The Morgan fingerprint density at radius 2 is 1.97 bits per heavy atom. The molecule has 0 aromatic heterocycles. The molecule has 0 aliphatic heterocycles. The van der Waals surface area contributed by atoms with Crippen molar-refractivity contribution in [2.24, 2.45) is 10.2 Å². The Bertz CT molecular complexity index is 1130. The lowest BCUT2D eigenvalue weighted by atomic mass is 10.2. The Morgan fingerprint density at radius 1 is 1.27 bits per heavy atom. The van der Waals surface area contributed by atoms with Gasteiger partial charge in [0.25, 0.3) is 5.69 Å². The van der Waals surface area contributed by atoms with Crippen molar-refractivity contribution in [3.05, 3.63) is 76.3 Å². The van der Waals surface area contributed by atoms with Crippen LogP contribution < -0.4 is 9.64 Å². The number of esters is 1. The van der Waals surface area contributed by atoms with Crippen molar-refractivity contribution in [1.29, 1.82) is 5.26 Å². The third-order valence-electron chi connectivity index (χ3n) is 4.22. The Morgan fingerprint density at radius 3 is 2.55 bits per heavy atom. The number of nitro benzene ring substituents is 1. The zero-order valence-corrected chi connectivity index (χ0v) is 18.5. The second-order valence-electron chi connectivity index (χ2n) is 6.39. The number of methoxy groups -OCH3 is 1. The molecule has 0 spiro atoms. The van der Waals surface area contributed by atoms with E-state index in [0.717, 1.165) is 17.8 Å². The van der Waals surface area contributed by atoms with Gasteiger partial charge in [-0.1, -0.05) is 23.8 Å². The topological polar surface area (TPSA) is 130 Å². The summed E-state index contributed by atoms with van der Waals surface area (Å²) in [4.78, 5) is 23.9. The lowest BCUT2D eigenvalue weighted by Gasteiger charge is -2.22. The van der Waals surface area contributed by atoms with Crippen LogP contribution in [0.3, 0.4) is 0 Å². The van der Waals surface area contributed by atoms with Crippen LogP contribution in [-0.2, 0) is 9.53 Å². The molecule has 0 aliphatic carbocycles. The number of anilines is 1. The Kier molecular flexibility index (Phi) is 9.08. The van der Waals surface area contributed by atoms with E-state index in [1.165, 1.54) is 7.11 Å². The van der Waals surface area contributed by atoms with Crippen molar-refractivity contribution >= 4 is 40.3 Å². The van der Waals surface area contributed by atoms with E-state index in [2.05, 4.69) is 28.1 Å². The third-order valence-corrected chi connectivity index (χ3v) is 4.51. The lowest BCUT2D eigenvalue weighted by Crippen LogP contribution is -2.23. The molecular weight excluding hydrogens is 450 g/mol. The average molecular weight is 470 g/mol. The van der Waals surface area contributed by atoms with Gasteiger partial charge >= 0.3 is 5.97 Å². The van der Waals surface area contributed by atoms with E-state index >= 15 is 0 Å². The minimum absolute atomic E-state index is 0.0345. The number of nitriles is 1. The third kappa shape index (κ3) is 6.62. The standard InChI is InChI=1S/C22H20ClN5O5/c1-4-8-27(9-5-2)16-6-7-19(20(12-16)33-14-21(29)32-3)25-26-22-15(13-24)10-17(28(30)31)11-18(22)23/h4-7,10-12H,1-2,8-9,14H2,3H3/b26-25+. The summed E-state index contributed by atoms with van der Waals surface area (Å²) in [5, 5.41) is 28.3. The van der Waals surface area contributed by atoms with Crippen molar-refractivity contribution in [1.82, 2.24) is 0 Å². The number of nitro groups is 1. The van der Waals surface area contributed by atoms with Gasteiger partial charge in [-0.15, -0.1) is 23.4 Å². The normalized spacial score (nSPS) is 10.3. The van der Waals surface area contributed by atoms with E-state index in [4.69, 9.17) is 16.3 Å². The van der Waals surface area contributed by atoms with Crippen LogP contribution in [0.15, 0.2) is 65.9 Å². The summed E-state index contributed by atoms with van der Waals surface area (Å²) >= 11 is 6.09. The first-order chi connectivity index (χ1) is 15.8. The molecule has 0 saturated carbocycles. The van der Waals surface area contributed by atoms with Crippen LogP contribution in [-0.4, -0.2) is 37.7 Å². The molecule has 0 amide bonds. The van der Waals surface area contributed by atoms with Gasteiger partial charge < -0.3 is 14.4 Å². The monoisotopic (exact) mass is 469 g/mol. The minimum Gasteiger partial charge on any atom is -0.479 e. The van der Waals surface area contributed by atoms with E-state index in [1.807, 2.05) is 11.0 Å². The van der Waals surface area contributed by atoms with Gasteiger partial charge in [-0.3, -0.25) is 10.1 Å². The minimum atomic E-state index is -0.663. The first-order valence-corrected chi connectivity index (χ1v) is 9.82. The van der Waals surface area contributed by atoms with E-state index < -0.39 is 10.9 Å². The number of nitrogens with zero attached hydrogens (tertiary/aromatic N) is 5. The Hall–Kier alpha value is -4.23. The van der Waals surface area contributed by atoms with Gasteiger partial charge in [0.1, 0.15) is 23.2 Å². The molecule has 0 bridgehead atoms. The molecule has 0 radical (unpaired) electrons. The number of halogens is 1. The van der Waals surface area contributed by atoms with Crippen molar-refractivity contribution in [3.8, 4) is 11.8 Å². The van der Waals surface area contributed by atoms with Crippen molar-refractivity contribution in [2.45, 2.75) is 0 Å². The molecule has 170 valence electrons. The molecule has 0 saturated heterocycles. The molecule has 11 heteroatoms. The van der Waals surface area contributed by atoms with Crippen LogP contribution in [0, 0.1) is 21.4 Å². The number of hydrogen-bond donors (Lipinski definition) is 0. The number of hydrogen-bond acceptors (Lipinski definition) is 9. The van der Waals surface area contributed by atoms with Crippen LogP contribution in [0.2, 0.25) is 5.02 Å². The molecule has 0 atom stereocenters. The average Bonchev–Trinajstić information content (AvgIpc) is 2.81. The number of carbonyl (C=O) groups excluding carboxylic acids is 1. The van der Waals surface area contributed by atoms with Crippen molar-refractivity contribution in [3.63, 3.8) is 0 Å². The number of carbonyl (C=O) groups is 1. The molecule has 2 aromatic carbocycles. The molecule has 0 N–H and O–H groups in total.